The Hall–Kier alpha value is -1.61. The van der Waals surface area contributed by atoms with Gasteiger partial charge in [-0.15, -0.1) is 0 Å². The first-order valence-electron chi connectivity index (χ1n) is 6.44. The monoisotopic (exact) mass is 244 g/mol. The van der Waals surface area contributed by atoms with Gasteiger partial charge in [0.25, 0.3) is 0 Å². The van der Waals surface area contributed by atoms with Crippen LogP contribution in [0.5, 0.6) is 0 Å². The lowest BCUT2D eigenvalue weighted by Crippen LogP contribution is -2.23. The minimum Gasteiger partial charge on any atom is -0.453 e. The molecule has 0 N–H and O–H groups in total. The number of para-hydroxylation sites is 1. The average Bonchev–Trinajstić information content (AvgIpc) is 3.03. The van der Waals surface area contributed by atoms with Crippen molar-refractivity contribution in [2.45, 2.75) is 25.9 Å². The quantitative estimate of drug-likeness (QED) is 0.776. The molecule has 0 radical (unpaired) electrons. The minimum atomic E-state index is -0.0458. The van der Waals surface area contributed by atoms with Crippen LogP contribution in [0, 0.1) is 5.92 Å². The molecule has 2 heterocycles. The number of furan rings is 1. The summed E-state index contributed by atoms with van der Waals surface area (Å²) in [5, 5.41) is 0.979. The third-order valence-electron chi connectivity index (χ3n) is 3.62. The van der Waals surface area contributed by atoms with Crippen LogP contribution in [-0.4, -0.2) is 18.5 Å². The first kappa shape index (κ1) is 11.5. The Kier molecular flexibility index (Phi) is 2.92. The van der Waals surface area contributed by atoms with E-state index in [1.807, 2.05) is 30.3 Å². The Morgan fingerprint density at radius 2 is 2.22 bits per heavy atom. The highest BCUT2D eigenvalue weighted by Gasteiger charge is 2.34. The molecule has 3 heteroatoms. The van der Waals surface area contributed by atoms with E-state index in [1.165, 1.54) is 0 Å². The van der Waals surface area contributed by atoms with E-state index in [0.29, 0.717) is 12.4 Å². The molecule has 0 amide bonds. The number of hydrogen-bond acceptors (Lipinski definition) is 3. The maximum Gasteiger partial charge on any atom is 0.203 e. The van der Waals surface area contributed by atoms with Crippen molar-refractivity contribution < 1.29 is 13.9 Å². The van der Waals surface area contributed by atoms with Crippen molar-refractivity contribution in [2.24, 2.45) is 5.92 Å². The van der Waals surface area contributed by atoms with Crippen molar-refractivity contribution in [2.75, 3.05) is 6.61 Å². The van der Waals surface area contributed by atoms with Gasteiger partial charge in [-0.1, -0.05) is 25.1 Å². The summed E-state index contributed by atoms with van der Waals surface area (Å²) >= 11 is 0. The van der Waals surface area contributed by atoms with Crippen LogP contribution in [-0.2, 0) is 4.74 Å². The van der Waals surface area contributed by atoms with Gasteiger partial charge >= 0.3 is 0 Å². The van der Waals surface area contributed by atoms with Crippen LogP contribution in [0.15, 0.2) is 34.7 Å². The number of carbonyl (C=O) groups excluding carboxylic acids is 1. The van der Waals surface area contributed by atoms with Crippen LogP contribution >= 0.6 is 0 Å². The van der Waals surface area contributed by atoms with Crippen molar-refractivity contribution in [3.63, 3.8) is 0 Å². The second kappa shape index (κ2) is 4.58. The van der Waals surface area contributed by atoms with E-state index < -0.39 is 0 Å². The van der Waals surface area contributed by atoms with Crippen LogP contribution < -0.4 is 0 Å². The number of fused-ring (bicyclic) bond motifs is 1. The molecule has 0 aliphatic carbocycles. The predicted octanol–water partition coefficient (Wildman–Crippen LogP) is 3.43. The molecule has 0 saturated carbocycles. The number of ether oxygens (including phenoxy) is 1. The van der Waals surface area contributed by atoms with E-state index in [9.17, 15) is 4.79 Å². The van der Waals surface area contributed by atoms with Crippen molar-refractivity contribution >= 4 is 16.8 Å². The molecule has 1 aliphatic rings. The highest BCUT2D eigenvalue weighted by Crippen LogP contribution is 2.29. The van der Waals surface area contributed by atoms with Gasteiger partial charge < -0.3 is 9.15 Å². The van der Waals surface area contributed by atoms with E-state index in [2.05, 4.69) is 6.92 Å². The molecule has 1 aromatic carbocycles. The van der Waals surface area contributed by atoms with Gasteiger partial charge in [-0.2, -0.15) is 0 Å². The molecular formula is C15H16O3. The van der Waals surface area contributed by atoms with E-state index in [-0.39, 0.29) is 17.8 Å². The van der Waals surface area contributed by atoms with Gasteiger partial charge in [0.15, 0.2) is 5.76 Å². The van der Waals surface area contributed by atoms with Crippen LogP contribution in [0.1, 0.15) is 30.3 Å². The van der Waals surface area contributed by atoms with E-state index in [4.69, 9.17) is 9.15 Å². The zero-order chi connectivity index (χ0) is 12.5. The summed E-state index contributed by atoms with van der Waals surface area (Å²) in [4.78, 5) is 12.4. The number of carbonyl (C=O) groups is 1. The molecule has 3 rings (SSSR count). The molecule has 94 valence electrons. The SMILES string of the molecule is CCC1OCCC1C(=O)c1cc2ccccc2o1. The first-order valence-corrected chi connectivity index (χ1v) is 6.44. The topological polar surface area (TPSA) is 39.4 Å². The van der Waals surface area contributed by atoms with Gasteiger partial charge in [0.2, 0.25) is 5.78 Å². The first-order chi connectivity index (χ1) is 8.79. The Bertz CT molecular complexity index is 537. The molecule has 0 bridgehead atoms. The lowest BCUT2D eigenvalue weighted by Gasteiger charge is -2.13. The lowest BCUT2D eigenvalue weighted by atomic mass is 9.93. The molecule has 3 nitrogen and oxygen atoms in total. The third kappa shape index (κ3) is 1.85. The third-order valence-corrected chi connectivity index (χ3v) is 3.62. The van der Waals surface area contributed by atoms with Gasteiger partial charge in [-0.05, 0) is 25.0 Å². The molecule has 1 fully saturated rings. The molecular weight excluding hydrogens is 228 g/mol. The van der Waals surface area contributed by atoms with Crippen molar-refractivity contribution in [3.8, 4) is 0 Å². The standard InChI is InChI=1S/C15H16O3/c1-2-12-11(7-8-17-12)15(16)14-9-10-5-3-4-6-13(10)18-14/h3-6,9,11-12H,2,7-8H2,1H3. The second-order valence-corrected chi connectivity index (χ2v) is 4.73. The summed E-state index contributed by atoms with van der Waals surface area (Å²) in [6.07, 6.45) is 1.72. The molecule has 2 unspecified atom stereocenters. The second-order valence-electron chi connectivity index (χ2n) is 4.73. The van der Waals surface area contributed by atoms with Crippen molar-refractivity contribution in [1.82, 2.24) is 0 Å². The van der Waals surface area contributed by atoms with Crippen LogP contribution in [0.2, 0.25) is 0 Å². The Morgan fingerprint density at radius 3 is 3.00 bits per heavy atom. The Morgan fingerprint density at radius 1 is 1.39 bits per heavy atom. The Balaban J connectivity index is 1.91. The summed E-state index contributed by atoms with van der Waals surface area (Å²) in [5.41, 5.74) is 0.771. The van der Waals surface area contributed by atoms with Gasteiger partial charge in [-0.3, -0.25) is 4.79 Å². The maximum atomic E-state index is 12.4. The number of ketones is 1. The van der Waals surface area contributed by atoms with Gasteiger partial charge in [0.05, 0.1) is 12.0 Å². The molecule has 1 aliphatic heterocycles. The molecule has 2 aromatic rings. The van der Waals surface area contributed by atoms with Crippen molar-refractivity contribution in [3.05, 3.63) is 36.1 Å². The minimum absolute atomic E-state index is 0.0458. The molecule has 18 heavy (non-hydrogen) atoms. The number of benzene rings is 1. The fourth-order valence-corrected chi connectivity index (χ4v) is 2.64. The fourth-order valence-electron chi connectivity index (χ4n) is 2.64. The predicted molar refractivity (Wildman–Crippen MR) is 68.7 cm³/mol. The number of rotatable bonds is 3. The maximum absolute atomic E-state index is 12.4. The molecule has 0 spiro atoms. The van der Waals surface area contributed by atoms with Crippen LogP contribution in [0.25, 0.3) is 11.0 Å². The van der Waals surface area contributed by atoms with E-state index in [0.717, 1.165) is 23.8 Å². The van der Waals surface area contributed by atoms with Crippen molar-refractivity contribution in [1.29, 1.82) is 0 Å². The normalized spacial score (nSPS) is 23.6. The van der Waals surface area contributed by atoms with E-state index >= 15 is 0 Å². The zero-order valence-corrected chi connectivity index (χ0v) is 10.4. The number of hydrogen-bond donors (Lipinski definition) is 0. The molecule has 2 atom stereocenters. The molecule has 1 saturated heterocycles. The highest BCUT2D eigenvalue weighted by atomic mass is 16.5. The van der Waals surface area contributed by atoms with Gasteiger partial charge in [-0.25, -0.2) is 0 Å². The largest absolute Gasteiger partial charge is 0.453 e. The van der Waals surface area contributed by atoms with Gasteiger partial charge in [0.1, 0.15) is 5.58 Å². The lowest BCUT2D eigenvalue weighted by molar-refractivity contribution is 0.0670. The summed E-state index contributed by atoms with van der Waals surface area (Å²) < 4.78 is 11.2. The number of Topliss-reactive ketones (excluding diaryl/α,β-unsaturated/α-hetero) is 1. The van der Waals surface area contributed by atoms with Crippen LogP contribution in [0.4, 0.5) is 0 Å². The highest BCUT2D eigenvalue weighted by molar-refractivity contribution is 5.99. The van der Waals surface area contributed by atoms with E-state index in [1.54, 1.807) is 0 Å². The molecule has 1 aromatic heterocycles. The smallest absolute Gasteiger partial charge is 0.203 e. The van der Waals surface area contributed by atoms with Gasteiger partial charge in [0, 0.05) is 12.0 Å². The summed E-state index contributed by atoms with van der Waals surface area (Å²) in [7, 11) is 0. The fraction of sp³-hybridized carbons (Fsp3) is 0.400. The zero-order valence-electron chi connectivity index (χ0n) is 10.4. The summed E-state index contributed by atoms with van der Waals surface area (Å²) in [6.45, 7) is 2.73. The van der Waals surface area contributed by atoms with Crippen LogP contribution in [0.3, 0.4) is 0 Å². The Labute approximate surface area is 106 Å². The summed E-state index contributed by atoms with van der Waals surface area (Å²) in [5.74, 6) is 0.497. The summed E-state index contributed by atoms with van der Waals surface area (Å²) in [6, 6.07) is 9.53. The average molecular weight is 244 g/mol.